The minimum absolute atomic E-state index is 0. The van der Waals surface area contributed by atoms with Gasteiger partial charge in [-0.15, -0.1) is 24.0 Å². The summed E-state index contributed by atoms with van der Waals surface area (Å²) in [5, 5.41) is 9.41. The molecule has 0 aliphatic carbocycles. The van der Waals surface area contributed by atoms with E-state index in [1.807, 2.05) is 24.3 Å². The highest BCUT2D eigenvalue weighted by atomic mass is 127. The van der Waals surface area contributed by atoms with Crippen LogP contribution in [0.3, 0.4) is 0 Å². The summed E-state index contributed by atoms with van der Waals surface area (Å²) in [7, 11) is 5.58. The van der Waals surface area contributed by atoms with Gasteiger partial charge in [0.25, 0.3) is 5.91 Å². The number of carbonyl (C=O) groups excluding carboxylic acids is 1. The second-order valence-electron chi connectivity index (χ2n) is 6.63. The van der Waals surface area contributed by atoms with Crippen molar-refractivity contribution >= 4 is 41.5 Å². The number of nitrogens with zero attached hydrogens (tertiary/aromatic N) is 2. The molecule has 0 radical (unpaired) electrons. The minimum atomic E-state index is -0.266. The van der Waals surface area contributed by atoms with Crippen molar-refractivity contribution in [1.82, 2.24) is 15.5 Å². The Bertz CT molecular complexity index is 751. The molecule has 1 aromatic carbocycles. The quantitative estimate of drug-likeness (QED) is 0.180. The van der Waals surface area contributed by atoms with Crippen LogP contribution < -0.4 is 16.0 Å². The van der Waals surface area contributed by atoms with Crippen LogP contribution in [0.15, 0.2) is 52.1 Å². The normalized spacial score (nSPS) is 11.1. The van der Waals surface area contributed by atoms with E-state index in [9.17, 15) is 4.79 Å². The standard InChI is InChI=1S/C21H31N5O3.HI/c1-22-21(23-11-13-26(2)12-5-14-28-3)24-16-17-7-9-18(10-8-17)25-20(27)19-6-4-15-29-19;/h4,6-10,15H,5,11-14,16H2,1-3H3,(H,25,27)(H2,22,23,24);1H. The maximum absolute atomic E-state index is 12.0. The van der Waals surface area contributed by atoms with Gasteiger partial charge in [-0.2, -0.15) is 0 Å². The Morgan fingerprint density at radius 3 is 2.57 bits per heavy atom. The summed E-state index contributed by atoms with van der Waals surface area (Å²) in [5.41, 5.74) is 1.80. The summed E-state index contributed by atoms with van der Waals surface area (Å²) in [6, 6.07) is 11.0. The first kappa shape index (κ1) is 25.9. The lowest BCUT2D eigenvalue weighted by Crippen LogP contribution is -2.40. The van der Waals surface area contributed by atoms with Gasteiger partial charge < -0.3 is 30.0 Å². The van der Waals surface area contributed by atoms with Crippen molar-refractivity contribution in [2.24, 2.45) is 4.99 Å². The predicted molar refractivity (Wildman–Crippen MR) is 131 cm³/mol. The summed E-state index contributed by atoms with van der Waals surface area (Å²) in [6.07, 6.45) is 2.50. The van der Waals surface area contributed by atoms with E-state index >= 15 is 0 Å². The Hall–Kier alpha value is -2.11. The topological polar surface area (TPSA) is 91.1 Å². The number of amides is 1. The molecule has 0 fully saturated rings. The van der Waals surface area contributed by atoms with E-state index in [1.165, 1.54) is 6.26 Å². The van der Waals surface area contributed by atoms with E-state index in [4.69, 9.17) is 9.15 Å². The largest absolute Gasteiger partial charge is 0.459 e. The molecule has 3 N–H and O–H groups in total. The molecule has 0 spiro atoms. The van der Waals surface area contributed by atoms with Crippen LogP contribution >= 0.6 is 24.0 Å². The first-order valence-electron chi connectivity index (χ1n) is 9.68. The highest BCUT2D eigenvalue weighted by Gasteiger charge is 2.08. The molecule has 0 unspecified atom stereocenters. The van der Waals surface area contributed by atoms with Crippen molar-refractivity contribution in [3.63, 3.8) is 0 Å². The van der Waals surface area contributed by atoms with Gasteiger partial charge in [-0.25, -0.2) is 0 Å². The third kappa shape index (κ3) is 9.59. The molecule has 1 amide bonds. The van der Waals surface area contributed by atoms with Crippen LogP contribution in [-0.2, 0) is 11.3 Å². The number of guanidine groups is 1. The first-order valence-corrected chi connectivity index (χ1v) is 9.68. The fraction of sp³-hybridized carbons (Fsp3) is 0.429. The fourth-order valence-electron chi connectivity index (χ4n) is 2.67. The zero-order valence-corrected chi connectivity index (χ0v) is 20.1. The van der Waals surface area contributed by atoms with Crippen LogP contribution in [0, 0.1) is 0 Å². The van der Waals surface area contributed by atoms with Gasteiger partial charge in [0, 0.05) is 52.6 Å². The average Bonchev–Trinajstić information content (AvgIpc) is 3.27. The fourth-order valence-corrected chi connectivity index (χ4v) is 2.67. The lowest BCUT2D eigenvalue weighted by molar-refractivity contribution is 0.0996. The zero-order chi connectivity index (χ0) is 20.9. The van der Waals surface area contributed by atoms with E-state index in [0.29, 0.717) is 12.2 Å². The Balaban J connectivity index is 0.00000450. The van der Waals surface area contributed by atoms with E-state index in [-0.39, 0.29) is 35.6 Å². The summed E-state index contributed by atoms with van der Waals surface area (Å²) in [4.78, 5) is 18.5. The lowest BCUT2D eigenvalue weighted by atomic mass is 10.2. The summed E-state index contributed by atoms with van der Waals surface area (Å²) in [6.45, 7) is 4.15. The second-order valence-corrected chi connectivity index (χ2v) is 6.63. The molecule has 0 bridgehead atoms. The van der Waals surface area contributed by atoms with Gasteiger partial charge in [0.1, 0.15) is 0 Å². The number of furan rings is 1. The van der Waals surface area contributed by atoms with E-state index in [0.717, 1.165) is 44.2 Å². The van der Waals surface area contributed by atoms with Gasteiger partial charge in [-0.3, -0.25) is 9.79 Å². The van der Waals surface area contributed by atoms with Crippen molar-refractivity contribution in [2.75, 3.05) is 52.8 Å². The molecule has 0 saturated heterocycles. The zero-order valence-electron chi connectivity index (χ0n) is 17.8. The van der Waals surface area contributed by atoms with E-state index in [1.54, 1.807) is 26.3 Å². The third-order valence-electron chi connectivity index (χ3n) is 4.31. The molecule has 0 atom stereocenters. The maximum Gasteiger partial charge on any atom is 0.291 e. The summed E-state index contributed by atoms with van der Waals surface area (Å²) < 4.78 is 10.2. The molecule has 166 valence electrons. The van der Waals surface area contributed by atoms with Crippen molar-refractivity contribution in [1.29, 1.82) is 0 Å². The van der Waals surface area contributed by atoms with Crippen molar-refractivity contribution in [2.45, 2.75) is 13.0 Å². The minimum Gasteiger partial charge on any atom is -0.459 e. The molecule has 2 rings (SSSR count). The SMILES string of the molecule is CN=C(NCCN(C)CCCOC)NCc1ccc(NC(=O)c2ccco2)cc1.I. The molecule has 1 heterocycles. The smallest absolute Gasteiger partial charge is 0.291 e. The molecule has 8 nitrogen and oxygen atoms in total. The van der Waals surface area contributed by atoms with Crippen LogP contribution in [0.1, 0.15) is 22.5 Å². The Kier molecular flexibility index (Phi) is 12.8. The molecular weight excluding hydrogens is 497 g/mol. The number of carbonyl (C=O) groups is 1. The Morgan fingerprint density at radius 1 is 1.17 bits per heavy atom. The number of rotatable bonds is 11. The molecule has 1 aromatic heterocycles. The van der Waals surface area contributed by atoms with Gasteiger partial charge in [-0.1, -0.05) is 12.1 Å². The van der Waals surface area contributed by atoms with Gasteiger partial charge in [0.05, 0.1) is 6.26 Å². The number of anilines is 1. The van der Waals surface area contributed by atoms with Crippen LogP contribution in [0.2, 0.25) is 0 Å². The van der Waals surface area contributed by atoms with Crippen molar-refractivity contribution in [3.8, 4) is 0 Å². The molecule has 9 heteroatoms. The van der Waals surface area contributed by atoms with Crippen LogP contribution in [-0.4, -0.2) is 64.2 Å². The number of aliphatic imine (C=N–C) groups is 1. The summed E-state index contributed by atoms with van der Waals surface area (Å²) in [5.74, 6) is 0.776. The number of hydrogen-bond acceptors (Lipinski definition) is 5. The van der Waals surface area contributed by atoms with Gasteiger partial charge in [0.2, 0.25) is 0 Å². The highest BCUT2D eigenvalue weighted by Crippen LogP contribution is 2.11. The van der Waals surface area contributed by atoms with Gasteiger partial charge >= 0.3 is 0 Å². The Morgan fingerprint density at radius 2 is 1.93 bits per heavy atom. The number of halogens is 1. The lowest BCUT2D eigenvalue weighted by Gasteiger charge is -2.18. The predicted octanol–water partition coefficient (Wildman–Crippen LogP) is 2.78. The number of ether oxygens (including phenoxy) is 1. The molecule has 0 aliphatic rings. The molecule has 2 aromatic rings. The monoisotopic (exact) mass is 529 g/mol. The molecule has 0 saturated carbocycles. The number of hydrogen-bond donors (Lipinski definition) is 3. The van der Waals surface area contributed by atoms with Crippen molar-refractivity contribution < 1.29 is 13.9 Å². The number of likely N-dealkylation sites (N-methyl/N-ethyl adjacent to an activating group) is 1. The van der Waals surface area contributed by atoms with Crippen LogP contribution in [0.25, 0.3) is 0 Å². The third-order valence-corrected chi connectivity index (χ3v) is 4.31. The highest BCUT2D eigenvalue weighted by molar-refractivity contribution is 14.0. The van der Waals surface area contributed by atoms with Gasteiger partial charge in [-0.05, 0) is 43.3 Å². The molecule has 30 heavy (non-hydrogen) atoms. The number of methoxy groups -OCH3 is 1. The molecular formula is C21H32IN5O3. The average molecular weight is 529 g/mol. The van der Waals surface area contributed by atoms with Crippen LogP contribution in [0.4, 0.5) is 5.69 Å². The summed E-state index contributed by atoms with van der Waals surface area (Å²) >= 11 is 0. The number of nitrogens with one attached hydrogen (secondary N) is 3. The number of benzene rings is 1. The second kappa shape index (κ2) is 14.8. The molecule has 0 aliphatic heterocycles. The maximum atomic E-state index is 12.0. The van der Waals surface area contributed by atoms with Crippen LogP contribution in [0.5, 0.6) is 0 Å². The van der Waals surface area contributed by atoms with E-state index < -0.39 is 0 Å². The van der Waals surface area contributed by atoms with Crippen molar-refractivity contribution in [3.05, 3.63) is 54.0 Å². The Labute approximate surface area is 195 Å². The first-order chi connectivity index (χ1) is 14.1. The van der Waals surface area contributed by atoms with E-state index in [2.05, 4.69) is 32.9 Å². The van der Waals surface area contributed by atoms with Gasteiger partial charge in [0.15, 0.2) is 11.7 Å².